The van der Waals surface area contributed by atoms with Crippen LogP contribution in [0, 0.1) is 6.92 Å². The van der Waals surface area contributed by atoms with E-state index in [1.807, 2.05) is 36.1 Å². The molecule has 0 spiro atoms. The number of benzene rings is 2. The molecular formula is C25H32N2O5. The molecule has 1 saturated heterocycles. The summed E-state index contributed by atoms with van der Waals surface area (Å²) in [7, 11) is 3.12. The Kier molecular flexibility index (Phi) is 8.36. The van der Waals surface area contributed by atoms with Crippen molar-refractivity contribution in [2.24, 2.45) is 0 Å². The highest BCUT2D eigenvalue weighted by Gasteiger charge is 2.25. The number of hydrogen-bond donors (Lipinski definition) is 1. The van der Waals surface area contributed by atoms with Gasteiger partial charge in [0.2, 0.25) is 5.91 Å². The summed E-state index contributed by atoms with van der Waals surface area (Å²) in [5, 5.41) is 3.09. The lowest BCUT2D eigenvalue weighted by Gasteiger charge is -2.32. The van der Waals surface area contributed by atoms with Crippen molar-refractivity contribution in [3.63, 3.8) is 0 Å². The Bertz CT molecular complexity index is 883. The van der Waals surface area contributed by atoms with Gasteiger partial charge in [0.25, 0.3) is 5.91 Å². The van der Waals surface area contributed by atoms with Gasteiger partial charge in [-0.25, -0.2) is 0 Å². The molecule has 1 fully saturated rings. The predicted octanol–water partition coefficient (Wildman–Crippen LogP) is 3.59. The summed E-state index contributed by atoms with van der Waals surface area (Å²) >= 11 is 0. The van der Waals surface area contributed by atoms with E-state index in [0.717, 1.165) is 18.6 Å². The molecule has 2 aromatic rings. The number of likely N-dealkylation sites (tertiary alicyclic amines) is 1. The van der Waals surface area contributed by atoms with E-state index in [2.05, 4.69) is 5.32 Å². The number of rotatable bonds is 9. The number of methoxy groups -OCH3 is 2. The smallest absolute Gasteiger partial charge is 0.254 e. The third-order valence-corrected chi connectivity index (χ3v) is 5.58. The summed E-state index contributed by atoms with van der Waals surface area (Å²) in [6, 6.07) is 13.1. The maximum Gasteiger partial charge on any atom is 0.254 e. The number of amides is 2. The van der Waals surface area contributed by atoms with Crippen LogP contribution in [0.15, 0.2) is 42.5 Å². The van der Waals surface area contributed by atoms with Crippen LogP contribution in [0.1, 0.15) is 41.6 Å². The van der Waals surface area contributed by atoms with E-state index in [1.54, 1.807) is 32.4 Å². The molecule has 0 aliphatic carbocycles. The van der Waals surface area contributed by atoms with Gasteiger partial charge in [-0.2, -0.15) is 0 Å². The van der Waals surface area contributed by atoms with Crippen LogP contribution in [-0.4, -0.2) is 56.7 Å². The van der Waals surface area contributed by atoms with Crippen LogP contribution in [-0.2, 0) is 4.79 Å². The Morgan fingerprint density at radius 2 is 1.59 bits per heavy atom. The van der Waals surface area contributed by atoms with Crippen molar-refractivity contribution in [3.05, 3.63) is 53.6 Å². The van der Waals surface area contributed by atoms with E-state index in [4.69, 9.17) is 14.2 Å². The number of carbonyl (C=O) groups excluding carboxylic acids is 2. The van der Waals surface area contributed by atoms with Crippen molar-refractivity contribution >= 4 is 11.8 Å². The van der Waals surface area contributed by atoms with Crippen LogP contribution in [0.3, 0.4) is 0 Å². The fourth-order valence-electron chi connectivity index (χ4n) is 3.70. The summed E-state index contributed by atoms with van der Waals surface area (Å²) in [6.07, 6.45) is 2.56. The monoisotopic (exact) mass is 440 g/mol. The molecular weight excluding hydrogens is 408 g/mol. The number of carbonyl (C=O) groups is 2. The van der Waals surface area contributed by atoms with Crippen molar-refractivity contribution in [1.82, 2.24) is 10.2 Å². The van der Waals surface area contributed by atoms with Gasteiger partial charge < -0.3 is 24.4 Å². The van der Waals surface area contributed by atoms with E-state index < -0.39 is 0 Å². The lowest BCUT2D eigenvalue weighted by molar-refractivity contribution is -0.122. The third-order valence-electron chi connectivity index (χ3n) is 5.58. The normalized spacial score (nSPS) is 14.0. The summed E-state index contributed by atoms with van der Waals surface area (Å²) in [5.41, 5.74) is 1.73. The quantitative estimate of drug-likeness (QED) is 0.603. The first-order chi connectivity index (χ1) is 15.5. The Morgan fingerprint density at radius 1 is 0.969 bits per heavy atom. The second-order valence-corrected chi connectivity index (χ2v) is 8.00. The van der Waals surface area contributed by atoms with Crippen molar-refractivity contribution in [2.45, 2.75) is 38.6 Å². The second-order valence-electron chi connectivity index (χ2n) is 8.00. The number of hydrogen-bond acceptors (Lipinski definition) is 5. The SMILES string of the molecule is COc1cc(OC)cc(C(=O)N2CCC(NC(=O)CCCOc3ccc(C)cc3)CC2)c1. The first-order valence-electron chi connectivity index (χ1n) is 11.0. The molecule has 2 amide bonds. The Labute approximate surface area is 189 Å². The molecule has 172 valence electrons. The zero-order valence-corrected chi connectivity index (χ0v) is 19.1. The van der Waals surface area contributed by atoms with Gasteiger partial charge in [0, 0.05) is 37.2 Å². The van der Waals surface area contributed by atoms with E-state index >= 15 is 0 Å². The van der Waals surface area contributed by atoms with Gasteiger partial charge >= 0.3 is 0 Å². The van der Waals surface area contributed by atoms with E-state index in [1.165, 1.54) is 5.56 Å². The largest absolute Gasteiger partial charge is 0.497 e. The number of nitrogens with one attached hydrogen (secondary N) is 1. The maximum absolute atomic E-state index is 12.9. The van der Waals surface area contributed by atoms with Gasteiger partial charge in [-0.15, -0.1) is 0 Å². The summed E-state index contributed by atoms with van der Waals surface area (Å²) in [6.45, 7) is 3.73. The lowest BCUT2D eigenvalue weighted by Crippen LogP contribution is -2.46. The molecule has 0 radical (unpaired) electrons. The van der Waals surface area contributed by atoms with E-state index in [9.17, 15) is 9.59 Å². The van der Waals surface area contributed by atoms with Gasteiger partial charge in [-0.1, -0.05) is 17.7 Å². The average molecular weight is 441 g/mol. The molecule has 0 aromatic heterocycles. The minimum Gasteiger partial charge on any atom is -0.497 e. The highest BCUT2D eigenvalue weighted by Crippen LogP contribution is 2.24. The molecule has 7 nitrogen and oxygen atoms in total. The van der Waals surface area contributed by atoms with Crippen LogP contribution in [0.4, 0.5) is 0 Å². The highest BCUT2D eigenvalue weighted by atomic mass is 16.5. The number of nitrogens with zero attached hydrogens (tertiary/aromatic N) is 1. The number of ether oxygens (including phenoxy) is 3. The molecule has 3 rings (SSSR count). The molecule has 32 heavy (non-hydrogen) atoms. The number of piperidine rings is 1. The first kappa shape index (κ1) is 23.4. The minimum absolute atomic E-state index is 0.0276. The van der Waals surface area contributed by atoms with Crippen LogP contribution < -0.4 is 19.5 Å². The van der Waals surface area contributed by atoms with Gasteiger partial charge in [-0.05, 0) is 50.5 Å². The molecule has 1 aliphatic rings. The molecule has 1 heterocycles. The Hall–Kier alpha value is -3.22. The summed E-state index contributed by atoms with van der Waals surface area (Å²) in [4.78, 5) is 27.0. The van der Waals surface area contributed by atoms with Crippen molar-refractivity contribution < 1.29 is 23.8 Å². The van der Waals surface area contributed by atoms with Crippen LogP contribution in [0.5, 0.6) is 17.2 Å². The van der Waals surface area contributed by atoms with E-state index in [-0.39, 0.29) is 17.9 Å². The summed E-state index contributed by atoms with van der Waals surface area (Å²) in [5.74, 6) is 1.96. The zero-order chi connectivity index (χ0) is 22.9. The van der Waals surface area contributed by atoms with Crippen LogP contribution >= 0.6 is 0 Å². The van der Waals surface area contributed by atoms with Gasteiger partial charge in [0.05, 0.1) is 20.8 Å². The average Bonchev–Trinajstić information content (AvgIpc) is 2.82. The minimum atomic E-state index is -0.0553. The fourth-order valence-corrected chi connectivity index (χ4v) is 3.70. The molecule has 0 unspecified atom stereocenters. The third kappa shape index (κ3) is 6.64. The van der Waals surface area contributed by atoms with Crippen LogP contribution in [0.25, 0.3) is 0 Å². The predicted molar refractivity (Wildman–Crippen MR) is 123 cm³/mol. The highest BCUT2D eigenvalue weighted by molar-refractivity contribution is 5.95. The Balaban J connectivity index is 1.39. The van der Waals surface area contributed by atoms with Gasteiger partial charge in [-0.3, -0.25) is 9.59 Å². The van der Waals surface area contributed by atoms with Crippen molar-refractivity contribution in [3.8, 4) is 17.2 Å². The maximum atomic E-state index is 12.9. The van der Waals surface area contributed by atoms with Crippen LogP contribution in [0.2, 0.25) is 0 Å². The van der Waals surface area contributed by atoms with Gasteiger partial charge in [0.15, 0.2) is 0 Å². The lowest BCUT2D eigenvalue weighted by atomic mass is 10.0. The molecule has 1 aliphatic heterocycles. The standard InChI is InChI=1S/C25H32N2O5/c1-18-6-8-21(9-7-18)32-14-4-5-24(28)26-20-10-12-27(13-11-20)25(29)19-15-22(30-2)17-23(16-19)31-3/h6-9,15-17,20H,4-5,10-14H2,1-3H3,(H,26,28). The fraction of sp³-hybridized carbons (Fsp3) is 0.440. The summed E-state index contributed by atoms with van der Waals surface area (Å²) < 4.78 is 16.2. The van der Waals surface area contributed by atoms with Crippen molar-refractivity contribution in [2.75, 3.05) is 33.9 Å². The van der Waals surface area contributed by atoms with Gasteiger partial charge in [0.1, 0.15) is 17.2 Å². The van der Waals surface area contributed by atoms with E-state index in [0.29, 0.717) is 49.6 Å². The Morgan fingerprint density at radius 3 is 2.19 bits per heavy atom. The molecule has 0 bridgehead atoms. The molecule has 0 saturated carbocycles. The molecule has 1 N–H and O–H groups in total. The molecule has 2 aromatic carbocycles. The second kappa shape index (κ2) is 11.4. The first-order valence-corrected chi connectivity index (χ1v) is 11.0. The van der Waals surface area contributed by atoms with Crippen molar-refractivity contribution in [1.29, 1.82) is 0 Å². The molecule has 0 atom stereocenters. The number of aryl methyl sites for hydroxylation is 1. The zero-order valence-electron chi connectivity index (χ0n) is 19.1. The molecule has 7 heteroatoms. The topological polar surface area (TPSA) is 77.1 Å².